The first kappa shape index (κ1) is 97.2. The molecule has 16 rings (SSSR count). The Morgan fingerprint density at radius 3 is 1.18 bits per heavy atom. The number of hydrogen-bond donors (Lipinski definition) is 3. The number of anilines is 3. The third kappa shape index (κ3) is 24.2. The number of hydrogen-bond acceptors (Lipinski definition) is 11. The molecule has 14 heteroatoms. The number of H-pyrrole nitrogens is 2. The second-order valence-corrected chi connectivity index (χ2v) is 37.2. The molecular formula is C124H134N8O6. The molecule has 0 radical (unpaired) electrons. The summed E-state index contributed by atoms with van der Waals surface area (Å²) in [5.74, 6) is 9.67. The van der Waals surface area contributed by atoms with Crippen LogP contribution < -0.4 is 23.8 Å². The number of pyridine rings is 1. The molecule has 9 aromatic carbocycles. The van der Waals surface area contributed by atoms with E-state index in [1.807, 2.05) is 60.7 Å². The number of carboxylic acid groups (broad SMARTS) is 1. The van der Waals surface area contributed by atoms with Gasteiger partial charge in [-0.1, -0.05) is 333 Å². The maximum absolute atomic E-state index is 12.4. The molecule has 0 saturated heterocycles. The summed E-state index contributed by atoms with van der Waals surface area (Å²) in [5.41, 5.74) is 27.0. The van der Waals surface area contributed by atoms with Crippen molar-refractivity contribution in [3.05, 3.63) is 299 Å². The molecule has 0 unspecified atom stereocenters. The zero-order chi connectivity index (χ0) is 95.3. The van der Waals surface area contributed by atoms with Gasteiger partial charge >= 0.3 is 5.97 Å². The first-order chi connectivity index (χ1) is 67.8. The van der Waals surface area contributed by atoms with Crippen LogP contribution in [0.25, 0.3) is 136 Å². The Morgan fingerprint density at radius 2 is 0.717 bits per heavy atom. The van der Waals surface area contributed by atoms with E-state index in [2.05, 4.69) is 252 Å². The topological polar surface area (TPSA) is 173 Å². The monoisotopic (exact) mass is 1830 g/mol. The molecule has 2 aliphatic rings. The van der Waals surface area contributed by atoms with Crippen molar-refractivity contribution in [3.63, 3.8) is 0 Å². The van der Waals surface area contributed by atoms with E-state index in [0.29, 0.717) is 88.3 Å². The van der Waals surface area contributed by atoms with Crippen molar-refractivity contribution in [2.24, 2.45) is 0 Å². The molecule has 706 valence electrons. The van der Waals surface area contributed by atoms with Crippen molar-refractivity contribution >= 4 is 80.4 Å². The van der Waals surface area contributed by atoms with Crippen LogP contribution in [0.4, 0.5) is 17.1 Å². The molecule has 0 aliphatic carbocycles. The van der Waals surface area contributed by atoms with Gasteiger partial charge in [0.15, 0.2) is 0 Å². The molecule has 0 spiro atoms. The fourth-order valence-electron chi connectivity index (χ4n) is 19.0. The largest absolute Gasteiger partial charge is 0.493 e. The van der Waals surface area contributed by atoms with Crippen LogP contribution in [-0.4, -0.2) is 72.4 Å². The van der Waals surface area contributed by atoms with Crippen molar-refractivity contribution in [2.75, 3.05) is 31.3 Å². The van der Waals surface area contributed by atoms with Crippen molar-refractivity contribution in [1.82, 2.24) is 34.9 Å². The van der Waals surface area contributed by atoms with Crippen LogP contribution in [0, 0.1) is 39.5 Å². The Balaban J connectivity index is 0.944. The molecule has 14 aromatic rings. The molecule has 5 aromatic heterocycles. The number of ether oxygens (including phenoxy) is 4. The molecule has 2 aliphatic heterocycles. The quantitative estimate of drug-likeness (QED) is 0.0244. The minimum atomic E-state index is -1.02. The summed E-state index contributed by atoms with van der Waals surface area (Å²) >= 11 is 0. The summed E-state index contributed by atoms with van der Waals surface area (Å²) < 4.78 is 27.8. The maximum atomic E-state index is 12.4. The predicted octanol–water partition coefficient (Wildman–Crippen LogP) is 34.0. The number of aromatic amines is 2. The Bertz CT molecular complexity index is 6620. The summed E-state index contributed by atoms with van der Waals surface area (Å²) in [6.45, 7) is 20.0. The highest BCUT2D eigenvalue weighted by Gasteiger charge is 2.28. The number of carbonyl (C=O) groups is 1. The van der Waals surface area contributed by atoms with Gasteiger partial charge < -0.3 is 38.9 Å². The van der Waals surface area contributed by atoms with Crippen molar-refractivity contribution in [1.29, 1.82) is 0 Å². The van der Waals surface area contributed by atoms with E-state index in [1.54, 1.807) is 30.5 Å². The fraction of sp³-hybridized carbons (Fsp3) is 0.323. The van der Waals surface area contributed by atoms with Crippen LogP contribution in [0.2, 0.25) is 0 Å². The van der Waals surface area contributed by atoms with Gasteiger partial charge in [0.2, 0.25) is 0 Å². The molecule has 3 N–H and O–H groups in total. The predicted molar refractivity (Wildman–Crippen MR) is 575 cm³/mol. The number of nitrogens with zero attached hydrogens (tertiary/aromatic N) is 6. The molecule has 7 heterocycles. The first-order valence-corrected chi connectivity index (χ1v) is 51.1. The average Bonchev–Trinajstić information content (AvgIpc) is 1.49. The lowest BCUT2D eigenvalue weighted by molar-refractivity contribution is 0.0696. The molecule has 0 atom stereocenters. The van der Waals surface area contributed by atoms with Gasteiger partial charge in [0.1, 0.15) is 39.7 Å². The molecule has 14 nitrogen and oxygen atoms in total. The number of fused-ring (bicyclic) bond motifs is 9. The van der Waals surface area contributed by atoms with E-state index in [1.165, 1.54) is 103 Å². The summed E-state index contributed by atoms with van der Waals surface area (Å²) in [7, 11) is 0. The van der Waals surface area contributed by atoms with Crippen LogP contribution in [0.3, 0.4) is 0 Å². The number of aromatic nitrogens is 7. The van der Waals surface area contributed by atoms with Gasteiger partial charge in [-0.05, 0) is 207 Å². The number of aryl methyl sites for hydroxylation is 4. The minimum Gasteiger partial charge on any atom is -0.493 e. The fourth-order valence-corrected chi connectivity index (χ4v) is 19.0. The minimum absolute atomic E-state index is 0.163. The standard InChI is InChI=1S/C124H134N8O6/c1-9-13-17-21-23-25-27-29-31-41-79-135-111-51-43-45-88(7)115(111)117-104-73-71-102(126-104)100(69-70-108-122-121(101(85-125-108)92-55-57-95(58-56-92)124(133)134)130-119(93-47-35-33-36-48-93)120(131-122)94-49-37-34-38-50-94)103-72-74-105(127-103)118(116-89(8)46-44-52-112(116)136-80-42-32-30-28-26-24-22-18-14-10-2)107-76-78-110(129-107)123(109-77-75-106(117)128-109)132(96-63-59-90(60-64-96)98-67-53-86(5)83-113(98)137-81-39-19-15-11-3)97-65-61-91(62-66-97)99-68-54-87(6)84-114(99)138-82-40-20-16-12-4/h33-38,43-68,71-78,83-85,126,129H,9-32,39-42,79-82H2,1-8H3,(H,133,134). The van der Waals surface area contributed by atoms with Crippen LogP contribution in [0.5, 0.6) is 23.0 Å². The van der Waals surface area contributed by atoms with Crippen LogP contribution in [-0.2, 0) is 0 Å². The summed E-state index contributed by atoms with van der Waals surface area (Å²) in [6, 6.07) is 79.5. The molecule has 138 heavy (non-hydrogen) atoms. The number of carboxylic acids is 1. The molecule has 0 amide bonds. The maximum Gasteiger partial charge on any atom is 0.335 e. The van der Waals surface area contributed by atoms with Crippen LogP contribution >= 0.6 is 0 Å². The van der Waals surface area contributed by atoms with Crippen molar-refractivity contribution in [2.45, 2.75) is 235 Å². The van der Waals surface area contributed by atoms with E-state index in [4.69, 9.17) is 43.9 Å². The van der Waals surface area contributed by atoms with E-state index in [0.717, 1.165) is 223 Å². The Hall–Kier alpha value is -13.9. The van der Waals surface area contributed by atoms with Gasteiger partial charge in [0, 0.05) is 78.7 Å². The number of aromatic carboxylic acids is 1. The third-order valence-electron chi connectivity index (χ3n) is 26.6. The Labute approximate surface area is 817 Å². The van der Waals surface area contributed by atoms with E-state index in [-0.39, 0.29) is 5.56 Å². The van der Waals surface area contributed by atoms with Gasteiger partial charge in [-0.3, -0.25) is 0 Å². The van der Waals surface area contributed by atoms with Gasteiger partial charge in [-0.25, -0.2) is 29.7 Å². The lowest BCUT2D eigenvalue weighted by atomic mass is 9.97. The van der Waals surface area contributed by atoms with Gasteiger partial charge in [0.05, 0.1) is 88.4 Å². The number of benzene rings is 9. The SMILES string of the molecule is CCCCCCCCCCCCOc1cccc(C)c1-c1c2nc(c(N(c3ccc(-c4ccc(C)cc4OCCCCCC)cc3)c3ccc(-c4ccc(C)cc4OCCCCCC)cc3)c3ccc([nH]3)c(-c3c(C)cccc3OCCCCCCCCCCCC)c3nc(c(C#Cc4ncc(-c5ccc(C(=O)O)cc5)c5nc(-c6ccccc6)c(-c6ccccc6)nc45)c4ccc1[nH]4)C=C3)C=C2. The highest BCUT2D eigenvalue weighted by atomic mass is 16.5. The number of nitrogens with one attached hydrogen (secondary N) is 2. The third-order valence-corrected chi connectivity index (χ3v) is 26.6. The van der Waals surface area contributed by atoms with Crippen LogP contribution in [0.15, 0.2) is 237 Å². The van der Waals surface area contributed by atoms with E-state index in [9.17, 15) is 9.90 Å². The average molecular weight is 1830 g/mol. The molecular weight excluding hydrogens is 1700 g/mol. The lowest BCUT2D eigenvalue weighted by Crippen LogP contribution is -2.12. The molecule has 0 fully saturated rings. The number of unbranched alkanes of at least 4 members (excludes halogenated alkanes) is 24. The highest BCUT2D eigenvalue weighted by molar-refractivity contribution is 6.03. The van der Waals surface area contributed by atoms with Crippen molar-refractivity contribution < 1.29 is 28.8 Å². The first-order valence-electron chi connectivity index (χ1n) is 51.1. The normalized spacial score (nSPS) is 11.6. The van der Waals surface area contributed by atoms with Gasteiger partial charge in [-0.2, -0.15) is 0 Å². The van der Waals surface area contributed by atoms with E-state index >= 15 is 0 Å². The Morgan fingerprint density at radius 1 is 0.333 bits per heavy atom. The molecule has 0 saturated carbocycles. The Kier molecular flexibility index (Phi) is 34.3. The summed E-state index contributed by atoms with van der Waals surface area (Å²) in [5, 5.41) is 10.1. The zero-order valence-corrected chi connectivity index (χ0v) is 82.1. The number of rotatable bonds is 47. The highest BCUT2D eigenvalue weighted by Crippen LogP contribution is 2.48. The van der Waals surface area contributed by atoms with E-state index < -0.39 is 5.97 Å². The zero-order valence-electron chi connectivity index (χ0n) is 82.1. The second kappa shape index (κ2) is 48.7. The van der Waals surface area contributed by atoms with Gasteiger partial charge in [0.25, 0.3) is 0 Å². The smallest absolute Gasteiger partial charge is 0.335 e. The summed E-state index contributed by atoms with van der Waals surface area (Å²) in [4.78, 5) is 51.4. The van der Waals surface area contributed by atoms with Crippen LogP contribution in [0.1, 0.15) is 274 Å². The lowest BCUT2D eigenvalue weighted by Gasteiger charge is -2.27. The summed E-state index contributed by atoms with van der Waals surface area (Å²) in [6.07, 6.45) is 43.4. The second-order valence-electron chi connectivity index (χ2n) is 37.2. The van der Waals surface area contributed by atoms with Crippen molar-refractivity contribution in [3.8, 4) is 113 Å². The van der Waals surface area contributed by atoms with Gasteiger partial charge in [-0.15, -0.1) is 0 Å². The molecule has 8 bridgehead atoms.